The summed E-state index contributed by atoms with van der Waals surface area (Å²) in [5.74, 6) is 4.79. The highest BCUT2D eigenvalue weighted by Crippen LogP contribution is 2.68. The second-order valence-electron chi connectivity index (χ2n) is 12.3. The molecule has 0 saturated heterocycles. The SMILES string of the molecule is CC(C)C(=O)CCC1CCC2C3CCC4CC(C)(O)CCC4(C)C3CCC12C. The summed E-state index contributed by atoms with van der Waals surface area (Å²) < 4.78 is 0. The largest absolute Gasteiger partial charge is 0.390 e. The van der Waals surface area contributed by atoms with Crippen molar-refractivity contribution in [1.82, 2.24) is 0 Å². The van der Waals surface area contributed by atoms with Crippen LogP contribution < -0.4 is 0 Å². The first-order valence-corrected chi connectivity index (χ1v) is 12.3. The highest BCUT2D eigenvalue weighted by molar-refractivity contribution is 5.80. The highest BCUT2D eigenvalue weighted by Gasteiger charge is 2.60. The van der Waals surface area contributed by atoms with E-state index in [1.165, 1.54) is 44.9 Å². The van der Waals surface area contributed by atoms with Crippen molar-refractivity contribution in [2.75, 3.05) is 0 Å². The summed E-state index contributed by atoms with van der Waals surface area (Å²) in [6.07, 6.45) is 13.4. The first-order chi connectivity index (χ1) is 13.1. The fraction of sp³-hybridized carbons (Fsp3) is 0.962. The number of carbonyl (C=O) groups is 1. The third-order valence-corrected chi connectivity index (χ3v) is 10.5. The van der Waals surface area contributed by atoms with Gasteiger partial charge in [-0.2, -0.15) is 0 Å². The number of rotatable bonds is 4. The monoisotopic (exact) mass is 388 g/mol. The average molecular weight is 389 g/mol. The molecule has 0 aromatic carbocycles. The molecule has 0 bridgehead atoms. The van der Waals surface area contributed by atoms with E-state index >= 15 is 0 Å². The Kier molecular flexibility index (Phi) is 5.30. The molecule has 1 N–H and O–H groups in total. The first-order valence-electron chi connectivity index (χ1n) is 12.3. The van der Waals surface area contributed by atoms with Crippen LogP contribution in [0, 0.1) is 46.3 Å². The van der Waals surface area contributed by atoms with Crippen LogP contribution in [0.3, 0.4) is 0 Å². The van der Waals surface area contributed by atoms with Crippen LogP contribution in [-0.4, -0.2) is 16.5 Å². The summed E-state index contributed by atoms with van der Waals surface area (Å²) in [4.78, 5) is 12.2. The maximum absolute atomic E-state index is 12.2. The van der Waals surface area contributed by atoms with Gasteiger partial charge in [0.15, 0.2) is 0 Å². The molecule has 4 aliphatic carbocycles. The van der Waals surface area contributed by atoms with E-state index in [1.807, 2.05) is 13.8 Å². The number of Topliss-reactive ketones (excluding diaryl/α,β-unsaturated/α-hetero) is 1. The van der Waals surface area contributed by atoms with Crippen LogP contribution in [0.15, 0.2) is 0 Å². The van der Waals surface area contributed by atoms with Crippen molar-refractivity contribution in [3.63, 3.8) is 0 Å². The van der Waals surface area contributed by atoms with E-state index in [1.54, 1.807) is 0 Å². The van der Waals surface area contributed by atoms with Crippen LogP contribution in [0.25, 0.3) is 0 Å². The summed E-state index contributed by atoms with van der Waals surface area (Å²) in [7, 11) is 0. The first kappa shape index (κ1) is 20.9. The molecule has 8 atom stereocenters. The van der Waals surface area contributed by atoms with Crippen molar-refractivity contribution in [1.29, 1.82) is 0 Å². The van der Waals surface area contributed by atoms with Gasteiger partial charge in [-0.15, -0.1) is 0 Å². The maximum Gasteiger partial charge on any atom is 0.135 e. The Bertz CT molecular complexity index is 608. The standard InChI is InChI=1S/C26H44O2/c1-17(2)23(27)11-8-18-7-10-21-20-9-6-19-16-24(3,28)14-15-26(19,5)22(20)12-13-25(18,21)4/h17-22,28H,6-16H2,1-5H3. The molecule has 4 saturated carbocycles. The quantitative estimate of drug-likeness (QED) is 0.605. The molecule has 0 aromatic rings. The maximum atomic E-state index is 12.2. The van der Waals surface area contributed by atoms with Gasteiger partial charge >= 0.3 is 0 Å². The summed E-state index contributed by atoms with van der Waals surface area (Å²) >= 11 is 0. The molecule has 4 rings (SSSR count). The topological polar surface area (TPSA) is 37.3 Å². The van der Waals surface area contributed by atoms with E-state index < -0.39 is 5.60 Å². The zero-order valence-corrected chi connectivity index (χ0v) is 19.1. The molecular formula is C26H44O2. The Morgan fingerprint density at radius 3 is 2.36 bits per heavy atom. The summed E-state index contributed by atoms with van der Waals surface area (Å²) in [6.45, 7) is 11.3. The van der Waals surface area contributed by atoms with E-state index in [0.717, 1.165) is 55.3 Å². The van der Waals surface area contributed by atoms with Gasteiger partial charge in [0.1, 0.15) is 5.78 Å². The smallest absolute Gasteiger partial charge is 0.135 e. The van der Waals surface area contributed by atoms with Gasteiger partial charge in [0.25, 0.3) is 0 Å². The molecule has 160 valence electrons. The van der Waals surface area contributed by atoms with E-state index in [-0.39, 0.29) is 5.92 Å². The normalized spacial score (nSPS) is 50.8. The Morgan fingerprint density at radius 1 is 0.929 bits per heavy atom. The third-order valence-electron chi connectivity index (χ3n) is 10.5. The molecule has 0 spiro atoms. The number of carbonyl (C=O) groups excluding carboxylic acids is 1. The Morgan fingerprint density at radius 2 is 1.64 bits per heavy atom. The van der Waals surface area contributed by atoms with Crippen molar-refractivity contribution in [2.45, 2.75) is 111 Å². The minimum absolute atomic E-state index is 0.194. The Balaban J connectivity index is 1.48. The molecule has 2 heteroatoms. The predicted octanol–water partition coefficient (Wildman–Crippen LogP) is 6.40. The minimum atomic E-state index is -0.429. The van der Waals surface area contributed by atoms with E-state index in [2.05, 4.69) is 20.8 Å². The number of aliphatic hydroxyl groups is 1. The van der Waals surface area contributed by atoms with E-state index in [9.17, 15) is 9.90 Å². The Hall–Kier alpha value is -0.370. The number of fused-ring (bicyclic) bond motifs is 5. The summed E-state index contributed by atoms with van der Waals surface area (Å²) in [6, 6.07) is 0. The summed E-state index contributed by atoms with van der Waals surface area (Å²) in [5, 5.41) is 10.7. The lowest BCUT2D eigenvalue weighted by molar-refractivity contribution is -0.146. The van der Waals surface area contributed by atoms with Gasteiger partial charge in [-0.05, 0) is 112 Å². The molecule has 2 nitrogen and oxygen atoms in total. The zero-order valence-electron chi connectivity index (χ0n) is 19.1. The van der Waals surface area contributed by atoms with Crippen molar-refractivity contribution in [2.24, 2.45) is 46.3 Å². The van der Waals surface area contributed by atoms with Crippen LogP contribution >= 0.6 is 0 Å². The van der Waals surface area contributed by atoms with Crippen molar-refractivity contribution < 1.29 is 9.90 Å². The molecule has 8 unspecified atom stereocenters. The van der Waals surface area contributed by atoms with Crippen molar-refractivity contribution >= 4 is 5.78 Å². The van der Waals surface area contributed by atoms with Gasteiger partial charge in [-0.3, -0.25) is 4.79 Å². The van der Waals surface area contributed by atoms with Gasteiger partial charge in [0.2, 0.25) is 0 Å². The van der Waals surface area contributed by atoms with E-state index in [4.69, 9.17) is 0 Å². The average Bonchev–Trinajstić information content (AvgIpc) is 2.96. The van der Waals surface area contributed by atoms with Crippen LogP contribution in [0.2, 0.25) is 0 Å². The molecule has 4 fully saturated rings. The Labute approximate surface area is 173 Å². The third kappa shape index (κ3) is 3.30. The molecule has 0 heterocycles. The molecule has 28 heavy (non-hydrogen) atoms. The second-order valence-corrected chi connectivity index (χ2v) is 12.3. The van der Waals surface area contributed by atoms with Gasteiger partial charge in [0, 0.05) is 12.3 Å². The minimum Gasteiger partial charge on any atom is -0.390 e. The van der Waals surface area contributed by atoms with Gasteiger partial charge < -0.3 is 5.11 Å². The molecule has 0 amide bonds. The van der Waals surface area contributed by atoms with Gasteiger partial charge in [-0.1, -0.05) is 27.7 Å². The molecule has 0 aromatic heterocycles. The van der Waals surface area contributed by atoms with Crippen LogP contribution in [0.4, 0.5) is 0 Å². The van der Waals surface area contributed by atoms with Crippen LogP contribution in [0.1, 0.15) is 105 Å². The lowest BCUT2D eigenvalue weighted by atomic mass is 9.44. The molecule has 4 aliphatic rings. The van der Waals surface area contributed by atoms with Crippen molar-refractivity contribution in [3.05, 3.63) is 0 Å². The zero-order chi connectivity index (χ0) is 20.3. The fourth-order valence-corrected chi connectivity index (χ4v) is 8.62. The molecule has 0 aliphatic heterocycles. The van der Waals surface area contributed by atoms with Crippen molar-refractivity contribution in [3.8, 4) is 0 Å². The molecule has 0 radical (unpaired) electrons. The van der Waals surface area contributed by atoms with Crippen LogP contribution in [-0.2, 0) is 4.79 Å². The van der Waals surface area contributed by atoms with Crippen LogP contribution in [0.5, 0.6) is 0 Å². The lowest BCUT2D eigenvalue weighted by Gasteiger charge is -2.62. The van der Waals surface area contributed by atoms with E-state index in [0.29, 0.717) is 16.6 Å². The highest BCUT2D eigenvalue weighted by atomic mass is 16.3. The number of hydrogen-bond acceptors (Lipinski definition) is 2. The summed E-state index contributed by atoms with van der Waals surface area (Å²) in [5.41, 5.74) is 0.502. The molecular weight excluding hydrogens is 344 g/mol. The predicted molar refractivity (Wildman–Crippen MR) is 115 cm³/mol. The van der Waals surface area contributed by atoms with Gasteiger partial charge in [0.05, 0.1) is 5.60 Å². The number of hydrogen-bond donors (Lipinski definition) is 1. The fourth-order valence-electron chi connectivity index (χ4n) is 8.62. The number of ketones is 1. The van der Waals surface area contributed by atoms with Gasteiger partial charge in [-0.25, -0.2) is 0 Å². The second kappa shape index (κ2) is 7.10. The lowest BCUT2D eigenvalue weighted by Crippen LogP contribution is -2.55.